The highest BCUT2D eigenvalue weighted by atomic mass is 35.5. The molecule has 7 nitrogen and oxygen atoms in total. The van der Waals surface area contributed by atoms with Crippen molar-refractivity contribution in [3.8, 4) is 23.0 Å². The fourth-order valence-corrected chi connectivity index (χ4v) is 3.19. The molecule has 0 unspecified atom stereocenters. The number of ether oxygens (including phenoxy) is 3. The van der Waals surface area contributed by atoms with Crippen LogP contribution in [0.3, 0.4) is 0 Å². The van der Waals surface area contributed by atoms with Crippen molar-refractivity contribution in [1.29, 1.82) is 0 Å². The highest BCUT2D eigenvalue weighted by Crippen LogP contribution is 2.36. The van der Waals surface area contributed by atoms with E-state index in [2.05, 4.69) is 10.5 Å². The molecule has 0 bridgehead atoms. The summed E-state index contributed by atoms with van der Waals surface area (Å²) in [6.45, 7) is 0.0585. The number of phenols is 1. The number of rotatable bonds is 4. The summed E-state index contributed by atoms with van der Waals surface area (Å²) in [4.78, 5) is 12.4. The Hall–Kier alpha value is -3.45. The van der Waals surface area contributed by atoms with Gasteiger partial charge in [0.05, 0.1) is 13.3 Å². The highest BCUT2D eigenvalue weighted by molar-refractivity contribution is 6.31. The van der Waals surface area contributed by atoms with Gasteiger partial charge < -0.3 is 19.3 Å². The Labute approximate surface area is 171 Å². The molecule has 3 aromatic rings. The van der Waals surface area contributed by atoms with Gasteiger partial charge in [0.2, 0.25) is 6.10 Å². The minimum Gasteiger partial charge on any atom is -0.504 e. The molecule has 1 aliphatic rings. The Morgan fingerprint density at radius 2 is 1.97 bits per heavy atom. The zero-order valence-electron chi connectivity index (χ0n) is 15.4. The Balaban J connectivity index is 1.46. The Kier molecular flexibility index (Phi) is 5.14. The molecule has 0 aromatic heterocycles. The molecule has 0 fully saturated rings. The van der Waals surface area contributed by atoms with Crippen LogP contribution >= 0.6 is 11.6 Å². The van der Waals surface area contributed by atoms with E-state index in [0.717, 1.165) is 10.8 Å². The van der Waals surface area contributed by atoms with Gasteiger partial charge >= 0.3 is 0 Å². The second-order valence-corrected chi connectivity index (χ2v) is 6.78. The second-order valence-electron chi connectivity index (χ2n) is 6.34. The van der Waals surface area contributed by atoms with Crippen LogP contribution in [0.15, 0.2) is 53.6 Å². The number of halogens is 1. The van der Waals surface area contributed by atoms with Gasteiger partial charge in [0, 0.05) is 16.7 Å². The van der Waals surface area contributed by atoms with Gasteiger partial charge in [0.25, 0.3) is 5.91 Å². The first-order valence-electron chi connectivity index (χ1n) is 8.77. The first kappa shape index (κ1) is 18.9. The van der Waals surface area contributed by atoms with E-state index >= 15 is 0 Å². The molecule has 148 valence electrons. The van der Waals surface area contributed by atoms with Crippen molar-refractivity contribution in [1.82, 2.24) is 5.43 Å². The van der Waals surface area contributed by atoms with E-state index in [4.69, 9.17) is 25.8 Å². The van der Waals surface area contributed by atoms with Gasteiger partial charge in [-0.1, -0.05) is 35.9 Å². The summed E-state index contributed by atoms with van der Waals surface area (Å²) >= 11 is 5.98. The molecule has 2 N–H and O–H groups in total. The number of carbonyl (C=O) groups excluding carboxylic acids is 1. The monoisotopic (exact) mass is 412 g/mol. The van der Waals surface area contributed by atoms with Crippen molar-refractivity contribution in [3.05, 3.63) is 59.1 Å². The van der Waals surface area contributed by atoms with Gasteiger partial charge in [-0.2, -0.15) is 5.10 Å². The maximum absolute atomic E-state index is 12.4. The number of carbonyl (C=O) groups is 1. The normalized spacial score (nSPS) is 15.4. The van der Waals surface area contributed by atoms with Crippen LogP contribution in [0.4, 0.5) is 0 Å². The summed E-state index contributed by atoms with van der Waals surface area (Å²) in [5.41, 5.74) is 2.68. The number of nitrogens with one attached hydrogen (secondary N) is 1. The molecule has 29 heavy (non-hydrogen) atoms. The topological polar surface area (TPSA) is 89.4 Å². The van der Waals surface area contributed by atoms with Gasteiger partial charge in [0.15, 0.2) is 23.0 Å². The van der Waals surface area contributed by atoms with Crippen LogP contribution in [0.1, 0.15) is 5.56 Å². The summed E-state index contributed by atoms with van der Waals surface area (Å²) < 4.78 is 16.5. The van der Waals surface area contributed by atoms with E-state index in [-0.39, 0.29) is 18.1 Å². The van der Waals surface area contributed by atoms with Crippen LogP contribution < -0.4 is 19.6 Å². The van der Waals surface area contributed by atoms with Crippen molar-refractivity contribution in [3.63, 3.8) is 0 Å². The van der Waals surface area contributed by atoms with Crippen LogP contribution in [0, 0.1) is 0 Å². The predicted molar refractivity (Wildman–Crippen MR) is 109 cm³/mol. The SMILES string of the molecule is COc1cc(Cl)cc(/C=N/NC(=O)[C@@H]2COc3cc4ccccc4cc3O2)c1O. The minimum absolute atomic E-state index is 0.0585. The first-order chi connectivity index (χ1) is 14.0. The van der Waals surface area contributed by atoms with Crippen molar-refractivity contribution in [2.75, 3.05) is 13.7 Å². The number of hydrogen-bond acceptors (Lipinski definition) is 6. The number of amides is 1. The van der Waals surface area contributed by atoms with E-state index in [0.29, 0.717) is 22.1 Å². The van der Waals surface area contributed by atoms with Gasteiger partial charge in [-0.25, -0.2) is 5.43 Å². The predicted octanol–water partition coefficient (Wildman–Crippen LogP) is 3.50. The van der Waals surface area contributed by atoms with Gasteiger partial charge in [-0.3, -0.25) is 4.79 Å². The summed E-state index contributed by atoms with van der Waals surface area (Å²) in [7, 11) is 1.41. The maximum Gasteiger partial charge on any atom is 0.284 e. The molecule has 1 amide bonds. The minimum atomic E-state index is -0.858. The third-order valence-corrected chi connectivity index (χ3v) is 4.65. The molecule has 1 aliphatic heterocycles. The molecule has 0 saturated carbocycles. The standard InChI is InChI=1S/C21H17ClN2O5/c1-27-18-9-15(22)6-14(20(18)25)10-23-24-21(26)19-11-28-16-7-12-4-2-3-5-13(12)8-17(16)29-19/h2-10,19,25H,11H2,1H3,(H,24,26)/b23-10+/t19-/m0/s1. The lowest BCUT2D eigenvalue weighted by Gasteiger charge is -2.25. The number of fused-ring (bicyclic) bond motifs is 2. The molecule has 1 atom stereocenters. The number of nitrogens with zero attached hydrogens (tertiary/aromatic N) is 1. The quantitative estimate of drug-likeness (QED) is 0.505. The molecule has 0 saturated heterocycles. The lowest BCUT2D eigenvalue weighted by atomic mass is 10.1. The maximum atomic E-state index is 12.4. The number of aromatic hydroxyl groups is 1. The molecule has 8 heteroatoms. The summed E-state index contributed by atoms with van der Waals surface area (Å²) in [6.07, 6.45) is 0.413. The number of benzene rings is 3. The first-order valence-corrected chi connectivity index (χ1v) is 9.14. The lowest BCUT2D eigenvalue weighted by Crippen LogP contribution is -2.42. The van der Waals surface area contributed by atoms with E-state index < -0.39 is 12.0 Å². The zero-order valence-corrected chi connectivity index (χ0v) is 16.1. The number of hydrogen-bond donors (Lipinski definition) is 2. The van der Waals surface area contributed by atoms with Crippen molar-refractivity contribution < 1.29 is 24.1 Å². The van der Waals surface area contributed by atoms with E-state index in [1.807, 2.05) is 36.4 Å². The molecule has 0 spiro atoms. The third-order valence-electron chi connectivity index (χ3n) is 4.43. The molecule has 1 heterocycles. The summed E-state index contributed by atoms with van der Waals surface area (Å²) in [6, 6.07) is 14.5. The molecule has 4 rings (SSSR count). The fraction of sp³-hybridized carbons (Fsp3) is 0.143. The molecular weight excluding hydrogens is 396 g/mol. The van der Waals surface area contributed by atoms with E-state index in [1.54, 1.807) is 0 Å². The number of hydrazone groups is 1. The average Bonchev–Trinajstić information content (AvgIpc) is 2.73. The Bertz CT molecular complexity index is 1120. The fourth-order valence-electron chi connectivity index (χ4n) is 2.97. The zero-order chi connectivity index (χ0) is 20.4. The van der Waals surface area contributed by atoms with Crippen molar-refractivity contribution >= 4 is 34.5 Å². The smallest absolute Gasteiger partial charge is 0.284 e. The summed E-state index contributed by atoms with van der Waals surface area (Å²) in [5, 5.41) is 16.3. The van der Waals surface area contributed by atoms with Crippen molar-refractivity contribution in [2.45, 2.75) is 6.10 Å². The van der Waals surface area contributed by atoms with Crippen LogP contribution in [-0.2, 0) is 4.79 Å². The largest absolute Gasteiger partial charge is 0.504 e. The van der Waals surface area contributed by atoms with E-state index in [9.17, 15) is 9.90 Å². The Morgan fingerprint density at radius 1 is 1.24 bits per heavy atom. The molecule has 0 aliphatic carbocycles. The summed E-state index contributed by atoms with van der Waals surface area (Å²) in [5.74, 6) is 0.683. The van der Waals surface area contributed by atoms with Crippen LogP contribution in [-0.4, -0.2) is 37.0 Å². The lowest BCUT2D eigenvalue weighted by molar-refractivity contribution is -0.130. The van der Waals surface area contributed by atoms with Gasteiger partial charge in [-0.15, -0.1) is 0 Å². The molecule has 0 radical (unpaired) electrons. The van der Waals surface area contributed by atoms with Gasteiger partial charge in [0.1, 0.15) is 6.61 Å². The van der Waals surface area contributed by atoms with Crippen LogP contribution in [0.2, 0.25) is 5.02 Å². The Morgan fingerprint density at radius 3 is 2.69 bits per heavy atom. The number of methoxy groups -OCH3 is 1. The van der Waals surface area contributed by atoms with E-state index in [1.165, 1.54) is 25.5 Å². The third kappa shape index (κ3) is 3.90. The average molecular weight is 413 g/mol. The second kappa shape index (κ2) is 7.89. The highest BCUT2D eigenvalue weighted by Gasteiger charge is 2.27. The van der Waals surface area contributed by atoms with Crippen molar-refractivity contribution in [2.24, 2.45) is 5.10 Å². The molecular formula is C21H17ClN2O5. The van der Waals surface area contributed by atoms with Gasteiger partial charge in [-0.05, 0) is 29.0 Å². The molecule has 3 aromatic carbocycles. The van der Waals surface area contributed by atoms with Crippen LogP contribution in [0.25, 0.3) is 10.8 Å². The number of phenolic OH excluding ortho intramolecular Hbond substituents is 1. The van der Waals surface area contributed by atoms with Crippen LogP contribution in [0.5, 0.6) is 23.0 Å².